The van der Waals surface area contributed by atoms with E-state index in [4.69, 9.17) is 0 Å². The first-order chi connectivity index (χ1) is 15.4. The summed E-state index contributed by atoms with van der Waals surface area (Å²) in [6.07, 6.45) is 1.21. The van der Waals surface area contributed by atoms with Crippen LogP contribution >= 0.6 is 0 Å². The summed E-state index contributed by atoms with van der Waals surface area (Å²) in [5.74, 6) is -0.519. The van der Waals surface area contributed by atoms with Crippen molar-refractivity contribution in [3.63, 3.8) is 0 Å². The average Bonchev–Trinajstić information content (AvgIpc) is 3.13. The number of aromatic nitrogens is 4. The molecule has 2 aromatic carbocycles. The minimum atomic E-state index is -0.760. The molecule has 0 unspecified atom stereocenters. The Morgan fingerprint density at radius 1 is 1.00 bits per heavy atom. The molecule has 0 saturated heterocycles. The number of nitrogens with zero attached hydrogens (tertiary/aromatic N) is 3. The Balaban J connectivity index is 1.88. The molecule has 4 aromatic rings. The van der Waals surface area contributed by atoms with Gasteiger partial charge in [-0.15, -0.1) is 0 Å². The minimum Gasteiger partial charge on any atom is -0.493 e. The number of imidazole rings is 1. The number of rotatable bonds is 6. The standard InChI is InChI=1S/C22H22N6O4/c1-3-27(4-2)18-11-16-15(24-21(31)25-16)10-17(18)23-12-14-19(29)26-22(32)28(20(14)30)13-8-6-5-7-9-13/h5-12,30H,3-4H2,1-2H3,(H2,24,25,31)(H,26,29,32). The molecule has 0 aliphatic heterocycles. The van der Waals surface area contributed by atoms with E-state index in [1.807, 2.05) is 24.8 Å². The second kappa shape index (κ2) is 8.42. The second-order valence-corrected chi connectivity index (χ2v) is 7.06. The van der Waals surface area contributed by atoms with Crippen molar-refractivity contribution in [1.82, 2.24) is 19.5 Å². The van der Waals surface area contributed by atoms with Crippen LogP contribution in [-0.2, 0) is 0 Å². The van der Waals surface area contributed by atoms with Crippen molar-refractivity contribution >= 4 is 28.6 Å². The fourth-order valence-corrected chi connectivity index (χ4v) is 3.59. The summed E-state index contributed by atoms with van der Waals surface area (Å²) < 4.78 is 1.00. The molecule has 0 aliphatic rings. The number of H-pyrrole nitrogens is 3. The lowest BCUT2D eigenvalue weighted by molar-refractivity contribution is 0.430. The molecule has 4 N–H and O–H groups in total. The summed E-state index contributed by atoms with van der Waals surface area (Å²) in [5, 5.41) is 10.7. The molecule has 0 aliphatic carbocycles. The fraction of sp³-hybridized carbons (Fsp3) is 0.182. The highest BCUT2D eigenvalue weighted by atomic mass is 16.3. The highest BCUT2D eigenvalue weighted by molar-refractivity contribution is 5.91. The SMILES string of the molecule is CCN(CC)c1cc2[nH]c(=O)[nH]c2cc1N=Cc1c(O)n(-c2ccccc2)c(=O)[nH]c1=O. The first-order valence-electron chi connectivity index (χ1n) is 10.1. The summed E-state index contributed by atoms with van der Waals surface area (Å²) in [4.78, 5) is 50.6. The maximum Gasteiger partial charge on any atom is 0.335 e. The van der Waals surface area contributed by atoms with Crippen molar-refractivity contribution in [3.05, 3.63) is 79.4 Å². The zero-order chi connectivity index (χ0) is 22.8. The molecule has 0 amide bonds. The van der Waals surface area contributed by atoms with Crippen LogP contribution in [0, 0.1) is 0 Å². The highest BCUT2D eigenvalue weighted by Crippen LogP contribution is 2.32. The van der Waals surface area contributed by atoms with Crippen LogP contribution < -0.4 is 21.8 Å². The number of hydrogen-bond donors (Lipinski definition) is 4. The van der Waals surface area contributed by atoms with Crippen molar-refractivity contribution in [1.29, 1.82) is 0 Å². The molecule has 0 saturated carbocycles. The van der Waals surface area contributed by atoms with Gasteiger partial charge in [-0.1, -0.05) is 18.2 Å². The van der Waals surface area contributed by atoms with Gasteiger partial charge in [0.15, 0.2) is 0 Å². The van der Waals surface area contributed by atoms with Gasteiger partial charge in [0.1, 0.15) is 5.56 Å². The van der Waals surface area contributed by atoms with Gasteiger partial charge in [-0.3, -0.25) is 14.8 Å². The fourth-order valence-electron chi connectivity index (χ4n) is 3.59. The topological polar surface area (TPSA) is 139 Å². The maximum absolute atomic E-state index is 12.4. The number of aliphatic imine (C=N–C) groups is 1. The monoisotopic (exact) mass is 434 g/mol. The number of aromatic hydroxyl groups is 1. The summed E-state index contributed by atoms with van der Waals surface area (Å²) in [7, 11) is 0. The van der Waals surface area contributed by atoms with Gasteiger partial charge in [0, 0.05) is 19.3 Å². The van der Waals surface area contributed by atoms with Crippen LogP contribution in [0.3, 0.4) is 0 Å². The normalized spacial score (nSPS) is 11.4. The van der Waals surface area contributed by atoms with Crippen LogP contribution in [0.2, 0.25) is 0 Å². The van der Waals surface area contributed by atoms with E-state index in [0.29, 0.717) is 35.5 Å². The van der Waals surface area contributed by atoms with Crippen LogP contribution in [-0.4, -0.2) is 43.9 Å². The summed E-state index contributed by atoms with van der Waals surface area (Å²) in [6.45, 7) is 5.38. The van der Waals surface area contributed by atoms with Gasteiger partial charge in [-0.25, -0.2) is 14.2 Å². The Morgan fingerprint density at radius 2 is 1.66 bits per heavy atom. The van der Waals surface area contributed by atoms with E-state index >= 15 is 0 Å². The van der Waals surface area contributed by atoms with Gasteiger partial charge < -0.3 is 20.0 Å². The van der Waals surface area contributed by atoms with Crippen LogP contribution in [0.1, 0.15) is 19.4 Å². The van der Waals surface area contributed by atoms with Gasteiger partial charge in [0.05, 0.1) is 28.1 Å². The Morgan fingerprint density at radius 3 is 2.31 bits per heavy atom. The van der Waals surface area contributed by atoms with E-state index in [9.17, 15) is 19.5 Å². The molecule has 0 atom stereocenters. The van der Waals surface area contributed by atoms with E-state index in [-0.39, 0.29) is 11.3 Å². The molecule has 2 heterocycles. The van der Waals surface area contributed by atoms with E-state index in [1.54, 1.807) is 36.4 Å². The minimum absolute atomic E-state index is 0.165. The number of hydrogen-bond acceptors (Lipinski definition) is 6. The summed E-state index contributed by atoms with van der Waals surface area (Å²) >= 11 is 0. The van der Waals surface area contributed by atoms with Crippen LogP contribution in [0.5, 0.6) is 5.88 Å². The molecule has 2 aromatic heterocycles. The molecule has 0 spiro atoms. The third-order valence-electron chi connectivity index (χ3n) is 5.18. The molecule has 0 radical (unpaired) electrons. The number of fused-ring (bicyclic) bond motifs is 1. The lowest BCUT2D eigenvalue weighted by Crippen LogP contribution is -2.31. The smallest absolute Gasteiger partial charge is 0.335 e. The Hall–Kier alpha value is -4.34. The van der Waals surface area contributed by atoms with E-state index < -0.39 is 17.1 Å². The lowest BCUT2D eigenvalue weighted by atomic mass is 10.2. The summed E-state index contributed by atoms with van der Waals surface area (Å²) in [6, 6.07) is 12.0. The first-order valence-corrected chi connectivity index (χ1v) is 10.1. The zero-order valence-electron chi connectivity index (χ0n) is 17.5. The summed E-state index contributed by atoms with van der Waals surface area (Å²) in [5.41, 5.74) is 0.817. The molecule has 0 bridgehead atoms. The Kier molecular flexibility index (Phi) is 5.50. The van der Waals surface area contributed by atoms with Crippen molar-refractivity contribution in [2.75, 3.05) is 18.0 Å². The van der Waals surface area contributed by atoms with Crippen molar-refractivity contribution < 1.29 is 5.11 Å². The Labute approximate surface area is 181 Å². The van der Waals surface area contributed by atoms with Gasteiger partial charge in [-0.2, -0.15) is 0 Å². The van der Waals surface area contributed by atoms with Crippen LogP contribution in [0.25, 0.3) is 16.7 Å². The molecule has 164 valence electrons. The first kappa shape index (κ1) is 20.9. The third kappa shape index (κ3) is 3.73. The largest absolute Gasteiger partial charge is 0.493 e. The van der Waals surface area contributed by atoms with Crippen LogP contribution in [0.15, 0.2) is 61.8 Å². The van der Waals surface area contributed by atoms with Crippen molar-refractivity contribution in [3.8, 4) is 11.6 Å². The number of anilines is 1. The number of aromatic amines is 3. The Bertz CT molecular complexity index is 1470. The number of nitrogens with one attached hydrogen (secondary N) is 3. The van der Waals surface area contributed by atoms with E-state index in [1.165, 1.54) is 6.21 Å². The second-order valence-electron chi connectivity index (χ2n) is 7.06. The number of benzene rings is 2. The molecule has 10 heteroatoms. The molecular formula is C22H22N6O4. The molecular weight excluding hydrogens is 412 g/mol. The zero-order valence-corrected chi connectivity index (χ0v) is 17.5. The molecule has 0 fully saturated rings. The lowest BCUT2D eigenvalue weighted by Gasteiger charge is -2.22. The molecule has 32 heavy (non-hydrogen) atoms. The van der Waals surface area contributed by atoms with E-state index in [0.717, 1.165) is 10.3 Å². The highest BCUT2D eigenvalue weighted by Gasteiger charge is 2.15. The predicted octanol–water partition coefficient (Wildman–Crippen LogP) is 2.00. The quantitative estimate of drug-likeness (QED) is 0.344. The molecule has 4 rings (SSSR count). The van der Waals surface area contributed by atoms with Crippen molar-refractivity contribution in [2.45, 2.75) is 13.8 Å². The van der Waals surface area contributed by atoms with E-state index in [2.05, 4.69) is 19.9 Å². The number of para-hydroxylation sites is 1. The van der Waals surface area contributed by atoms with Crippen LogP contribution in [0.4, 0.5) is 11.4 Å². The third-order valence-corrected chi connectivity index (χ3v) is 5.18. The van der Waals surface area contributed by atoms with Gasteiger partial charge in [0.2, 0.25) is 5.88 Å². The maximum atomic E-state index is 12.4. The van der Waals surface area contributed by atoms with Gasteiger partial charge in [-0.05, 0) is 38.1 Å². The van der Waals surface area contributed by atoms with Gasteiger partial charge >= 0.3 is 11.4 Å². The van der Waals surface area contributed by atoms with Gasteiger partial charge in [0.25, 0.3) is 5.56 Å². The predicted molar refractivity (Wildman–Crippen MR) is 124 cm³/mol. The average molecular weight is 434 g/mol. The van der Waals surface area contributed by atoms with Crippen molar-refractivity contribution in [2.24, 2.45) is 4.99 Å². The molecule has 10 nitrogen and oxygen atoms in total.